The second-order valence-electron chi connectivity index (χ2n) is 6.20. The van der Waals surface area contributed by atoms with Gasteiger partial charge >= 0.3 is 5.97 Å². The summed E-state index contributed by atoms with van der Waals surface area (Å²) in [5.74, 6) is -0.856. The van der Waals surface area contributed by atoms with Crippen LogP contribution < -0.4 is 0 Å². The summed E-state index contributed by atoms with van der Waals surface area (Å²) in [5.41, 5.74) is 5.33. The van der Waals surface area contributed by atoms with Crippen molar-refractivity contribution in [3.63, 3.8) is 0 Å². The van der Waals surface area contributed by atoms with Crippen molar-refractivity contribution < 1.29 is 9.90 Å². The molecule has 4 rings (SSSR count). The van der Waals surface area contributed by atoms with Crippen molar-refractivity contribution >= 4 is 16.9 Å². The molecule has 3 nitrogen and oxygen atoms in total. The number of benzene rings is 2. The number of nitrogens with zero attached hydrogens (tertiary/aromatic N) is 1. The molecule has 0 aliphatic heterocycles. The largest absolute Gasteiger partial charge is 0.478 e. The van der Waals surface area contributed by atoms with E-state index in [4.69, 9.17) is 0 Å². The quantitative estimate of drug-likeness (QED) is 0.785. The van der Waals surface area contributed by atoms with Crippen LogP contribution in [0.1, 0.15) is 40.0 Å². The topological polar surface area (TPSA) is 42.2 Å². The lowest BCUT2D eigenvalue weighted by molar-refractivity contribution is 0.0695. The molecule has 0 fully saturated rings. The maximum atomic E-state index is 11.5. The van der Waals surface area contributed by atoms with Crippen molar-refractivity contribution in [1.29, 1.82) is 0 Å². The molecule has 3 aromatic rings. The van der Waals surface area contributed by atoms with E-state index in [9.17, 15) is 9.90 Å². The zero-order valence-corrected chi connectivity index (χ0v) is 13.0. The maximum absolute atomic E-state index is 11.5. The molecule has 1 aromatic heterocycles. The molecular weight excluding hydrogens is 286 g/mol. The van der Waals surface area contributed by atoms with Gasteiger partial charge < -0.3 is 9.67 Å². The fourth-order valence-electron chi connectivity index (χ4n) is 3.80. The van der Waals surface area contributed by atoms with Crippen molar-refractivity contribution in [3.05, 3.63) is 70.9 Å². The standard InChI is InChI=1S/C20H19NO2/c22-20(23)15-8-2-1-7-14(15)13-21-18-11-5-3-9-16(18)17-10-4-6-12-19(17)21/h1-3,5,7-9,11H,4,6,10,12-13H2,(H,22,23). The van der Waals surface area contributed by atoms with Crippen LogP contribution in [0.4, 0.5) is 0 Å². The first-order chi connectivity index (χ1) is 11.3. The van der Waals surface area contributed by atoms with Crippen LogP contribution in [0.3, 0.4) is 0 Å². The molecule has 3 heteroatoms. The van der Waals surface area contributed by atoms with Crippen LogP contribution in [0.2, 0.25) is 0 Å². The third-order valence-corrected chi connectivity index (χ3v) is 4.86. The van der Waals surface area contributed by atoms with Gasteiger partial charge in [0.15, 0.2) is 0 Å². The minimum Gasteiger partial charge on any atom is -0.478 e. The number of carboxylic acid groups (broad SMARTS) is 1. The molecule has 0 spiro atoms. The van der Waals surface area contributed by atoms with Crippen LogP contribution in [0.25, 0.3) is 10.9 Å². The number of para-hydroxylation sites is 1. The third kappa shape index (κ3) is 2.33. The van der Waals surface area contributed by atoms with Crippen molar-refractivity contribution in [1.82, 2.24) is 4.57 Å². The number of carboxylic acids is 1. The van der Waals surface area contributed by atoms with Gasteiger partial charge in [-0.1, -0.05) is 36.4 Å². The van der Waals surface area contributed by atoms with Gasteiger partial charge in [0.2, 0.25) is 0 Å². The van der Waals surface area contributed by atoms with Crippen molar-refractivity contribution in [2.24, 2.45) is 0 Å². The zero-order chi connectivity index (χ0) is 15.8. The first-order valence-electron chi connectivity index (χ1n) is 8.16. The van der Waals surface area contributed by atoms with Crippen LogP contribution in [-0.2, 0) is 19.4 Å². The molecule has 1 N–H and O–H groups in total. The summed E-state index contributed by atoms with van der Waals surface area (Å²) in [5, 5.41) is 10.8. The molecular formula is C20H19NO2. The minimum absolute atomic E-state index is 0.398. The number of rotatable bonds is 3. The lowest BCUT2D eigenvalue weighted by Crippen LogP contribution is -2.11. The average molecular weight is 305 g/mol. The molecule has 0 saturated heterocycles. The lowest BCUT2D eigenvalue weighted by Gasteiger charge is -2.17. The Morgan fingerprint density at radius 3 is 2.61 bits per heavy atom. The number of aryl methyl sites for hydroxylation is 1. The Bertz CT molecular complexity index is 892. The number of carbonyl (C=O) groups is 1. The fraction of sp³-hybridized carbons (Fsp3) is 0.250. The third-order valence-electron chi connectivity index (χ3n) is 4.86. The summed E-state index contributed by atoms with van der Waals surface area (Å²) in [6, 6.07) is 15.8. The zero-order valence-electron chi connectivity index (χ0n) is 13.0. The first kappa shape index (κ1) is 14.1. The van der Waals surface area contributed by atoms with Gasteiger partial charge in [-0.05, 0) is 48.9 Å². The Morgan fingerprint density at radius 1 is 1.00 bits per heavy atom. The fourth-order valence-corrected chi connectivity index (χ4v) is 3.80. The summed E-state index contributed by atoms with van der Waals surface area (Å²) >= 11 is 0. The van der Waals surface area contributed by atoms with Gasteiger partial charge in [-0.3, -0.25) is 0 Å². The van der Waals surface area contributed by atoms with E-state index in [2.05, 4.69) is 28.8 Å². The predicted molar refractivity (Wildman–Crippen MR) is 91.1 cm³/mol. The van der Waals surface area contributed by atoms with E-state index in [1.165, 1.54) is 35.0 Å². The monoisotopic (exact) mass is 305 g/mol. The summed E-state index contributed by atoms with van der Waals surface area (Å²) in [7, 11) is 0. The van der Waals surface area contributed by atoms with E-state index in [0.717, 1.165) is 18.4 Å². The van der Waals surface area contributed by atoms with Crippen molar-refractivity contribution in [3.8, 4) is 0 Å². The SMILES string of the molecule is O=C(O)c1ccccc1Cn1c2c(c3ccccc31)CCCC2. The van der Waals surface area contributed by atoms with Crippen LogP contribution in [0.5, 0.6) is 0 Å². The summed E-state index contributed by atoms with van der Waals surface area (Å²) in [6.45, 7) is 0.623. The highest BCUT2D eigenvalue weighted by molar-refractivity contribution is 5.90. The highest BCUT2D eigenvalue weighted by Gasteiger charge is 2.20. The smallest absolute Gasteiger partial charge is 0.336 e. The molecule has 1 heterocycles. The van der Waals surface area contributed by atoms with E-state index in [0.29, 0.717) is 12.1 Å². The Kier molecular flexibility index (Phi) is 3.41. The minimum atomic E-state index is -0.856. The van der Waals surface area contributed by atoms with E-state index in [1.807, 2.05) is 12.1 Å². The normalized spacial score (nSPS) is 13.9. The molecule has 2 aromatic carbocycles. The van der Waals surface area contributed by atoms with Gasteiger partial charge in [0.25, 0.3) is 0 Å². The van der Waals surface area contributed by atoms with E-state index >= 15 is 0 Å². The number of aromatic carboxylic acids is 1. The molecule has 0 saturated carbocycles. The number of hydrogen-bond donors (Lipinski definition) is 1. The second kappa shape index (κ2) is 5.58. The van der Waals surface area contributed by atoms with E-state index in [-0.39, 0.29) is 0 Å². The Balaban J connectivity index is 1.89. The molecule has 0 bridgehead atoms. The van der Waals surface area contributed by atoms with Gasteiger partial charge in [-0.25, -0.2) is 4.79 Å². The van der Waals surface area contributed by atoms with Crippen molar-refractivity contribution in [2.75, 3.05) is 0 Å². The van der Waals surface area contributed by atoms with Gasteiger partial charge in [-0.15, -0.1) is 0 Å². The summed E-state index contributed by atoms with van der Waals surface area (Å²) in [6.07, 6.45) is 4.67. The Morgan fingerprint density at radius 2 is 1.74 bits per heavy atom. The molecule has 116 valence electrons. The van der Waals surface area contributed by atoms with Gasteiger partial charge in [0.05, 0.1) is 5.56 Å². The second-order valence-corrected chi connectivity index (χ2v) is 6.20. The van der Waals surface area contributed by atoms with E-state index < -0.39 is 5.97 Å². The average Bonchev–Trinajstić information content (AvgIpc) is 2.90. The molecule has 1 aliphatic carbocycles. The van der Waals surface area contributed by atoms with Crippen LogP contribution in [-0.4, -0.2) is 15.6 Å². The van der Waals surface area contributed by atoms with Gasteiger partial charge in [0, 0.05) is 23.1 Å². The van der Waals surface area contributed by atoms with Gasteiger partial charge in [-0.2, -0.15) is 0 Å². The molecule has 0 unspecified atom stereocenters. The van der Waals surface area contributed by atoms with E-state index in [1.54, 1.807) is 12.1 Å². The number of fused-ring (bicyclic) bond motifs is 3. The van der Waals surface area contributed by atoms with Crippen LogP contribution in [0.15, 0.2) is 48.5 Å². The lowest BCUT2D eigenvalue weighted by atomic mass is 9.95. The summed E-state index contributed by atoms with van der Waals surface area (Å²) < 4.78 is 2.33. The Hall–Kier alpha value is -2.55. The Labute approximate surface area is 135 Å². The summed E-state index contributed by atoms with van der Waals surface area (Å²) in [4.78, 5) is 11.5. The number of aromatic nitrogens is 1. The predicted octanol–water partition coefficient (Wildman–Crippen LogP) is 4.27. The van der Waals surface area contributed by atoms with Crippen LogP contribution in [0, 0.1) is 0 Å². The highest BCUT2D eigenvalue weighted by atomic mass is 16.4. The first-order valence-corrected chi connectivity index (χ1v) is 8.16. The van der Waals surface area contributed by atoms with Crippen molar-refractivity contribution in [2.45, 2.75) is 32.2 Å². The number of hydrogen-bond acceptors (Lipinski definition) is 1. The molecule has 0 atom stereocenters. The van der Waals surface area contributed by atoms with Gasteiger partial charge in [0.1, 0.15) is 0 Å². The highest BCUT2D eigenvalue weighted by Crippen LogP contribution is 2.32. The molecule has 1 aliphatic rings. The molecule has 0 amide bonds. The maximum Gasteiger partial charge on any atom is 0.336 e. The molecule has 23 heavy (non-hydrogen) atoms. The van der Waals surface area contributed by atoms with Crippen LogP contribution >= 0.6 is 0 Å². The molecule has 0 radical (unpaired) electrons.